The van der Waals surface area contributed by atoms with Crippen LogP contribution >= 0.6 is 0 Å². The molecular weight excluding hydrogens is 256 g/mol. The number of nitrogens with one attached hydrogen (secondary N) is 2. The zero-order chi connectivity index (χ0) is 14.1. The van der Waals surface area contributed by atoms with E-state index in [1.165, 1.54) is 6.33 Å². The number of nitrogen functional groups attached to an aromatic ring is 1. The summed E-state index contributed by atoms with van der Waals surface area (Å²) in [5.74, 6) is 0.558. The summed E-state index contributed by atoms with van der Waals surface area (Å²) in [6, 6.07) is 5.43. The minimum absolute atomic E-state index is 0.0857. The molecule has 0 bridgehead atoms. The van der Waals surface area contributed by atoms with Gasteiger partial charge in [0.2, 0.25) is 0 Å². The number of H-pyrrole nitrogens is 2. The van der Waals surface area contributed by atoms with Gasteiger partial charge >= 0.3 is 0 Å². The summed E-state index contributed by atoms with van der Waals surface area (Å²) >= 11 is 0. The van der Waals surface area contributed by atoms with Crippen LogP contribution in [0, 0.1) is 0 Å². The third kappa shape index (κ3) is 2.09. The second-order valence-electron chi connectivity index (χ2n) is 4.60. The number of amides is 1. The van der Waals surface area contributed by atoms with E-state index in [0.717, 1.165) is 10.9 Å². The normalized spacial score (nSPS) is 10.8. The van der Waals surface area contributed by atoms with Crippen LogP contribution in [-0.4, -0.2) is 38.0 Å². The standard InChI is InChI=1S/C13H14N6O/c1-19(6-12-16-7-17-18-12)13(20)10-5-15-11-4-8(14)2-3-9(10)11/h2-5,7,15H,6,14H2,1H3,(H,16,17,18). The number of rotatable bonds is 3. The van der Waals surface area contributed by atoms with E-state index in [1.807, 2.05) is 12.1 Å². The number of hydrogen-bond acceptors (Lipinski definition) is 4. The Labute approximate surface area is 114 Å². The smallest absolute Gasteiger partial charge is 0.256 e. The Morgan fingerprint density at radius 1 is 1.45 bits per heavy atom. The van der Waals surface area contributed by atoms with Gasteiger partial charge in [-0.25, -0.2) is 4.98 Å². The molecular formula is C13H14N6O. The number of anilines is 1. The second kappa shape index (κ2) is 4.69. The number of fused-ring (bicyclic) bond motifs is 1. The number of aromatic amines is 2. The average Bonchev–Trinajstić information content (AvgIpc) is 3.06. The zero-order valence-corrected chi connectivity index (χ0v) is 10.9. The first kappa shape index (κ1) is 12.2. The van der Waals surface area contributed by atoms with Crippen LogP contribution in [0.15, 0.2) is 30.7 Å². The highest BCUT2D eigenvalue weighted by Crippen LogP contribution is 2.21. The van der Waals surface area contributed by atoms with Crippen molar-refractivity contribution in [3.63, 3.8) is 0 Å². The maximum atomic E-state index is 12.4. The van der Waals surface area contributed by atoms with Gasteiger partial charge in [-0.05, 0) is 18.2 Å². The van der Waals surface area contributed by atoms with Gasteiger partial charge in [-0.15, -0.1) is 0 Å². The Bertz CT molecular complexity index is 745. The van der Waals surface area contributed by atoms with Crippen LogP contribution in [0.5, 0.6) is 0 Å². The van der Waals surface area contributed by atoms with E-state index in [1.54, 1.807) is 24.2 Å². The maximum absolute atomic E-state index is 12.4. The molecule has 0 saturated carbocycles. The van der Waals surface area contributed by atoms with Crippen LogP contribution in [0.2, 0.25) is 0 Å². The fraction of sp³-hybridized carbons (Fsp3) is 0.154. The lowest BCUT2D eigenvalue weighted by Crippen LogP contribution is -2.26. The molecule has 0 fully saturated rings. The van der Waals surface area contributed by atoms with Crippen LogP contribution in [-0.2, 0) is 6.54 Å². The number of nitrogens with two attached hydrogens (primary N) is 1. The third-order valence-corrected chi connectivity index (χ3v) is 3.13. The molecule has 0 unspecified atom stereocenters. The van der Waals surface area contributed by atoms with E-state index < -0.39 is 0 Å². The van der Waals surface area contributed by atoms with E-state index in [2.05, 4.69) is 20.2 Å². The second-order valence-corrected chi connectivity index (χ2v) is 4.60. The number of benzene rings is 1. The van der Waals surface area contributed by atoms with E-state index in [9.17, 15) is 4.79 Å². The molecule has 0 saturated heterocycles. The van der Waals surface area contributed by atoms with Gasteiger partial charge in [-0.3, -0.25) is 9.89 Å². The molecule has 20 heavy (non-hydrogen) atoms. The molecule has 0 aliphatic rings. The maximum Gasteiger partial charge on any atom is 0.256 e. The summed E-state index contributed by atoms with van der Waals surface area (Å²) in [7, 11) is 1.72. The predicted octanol–water partition coefficient (Wildman–Crippen LogP) is 1.14. The highest BCUT2D eigenvalue weighted by Gasteiger charge is 2.17. The molecule has 0 spiro atoms. The van der Waals surface area contributed by atoms with Gasteiger partial charge < -0.3 is 15.6 Å². The fourth-order valence-corrected chi connectivity index (χ4v) is 2.13. The van der Waals surface area contributed by atoms with Gasteiger partial charge in [0.15, 0.2) is 0 Å². The Hall–Kier alpha value is -2.83. The average molecular weight is 270 g/mol. The van der Waals surface area contributed by atoms with Crippen LogP contribution in [0.4, 0.5) is 5.69 Å². The van der Waals surface area contributed by atoms with E-state index in [4.69, 9.17) is 5.73 Å². The van der Waals surface area contributed by atoms with Gasteiger partial charge in [-0.1, -0.05) is 0 Å². The van der Waals surface area contributed by atoms with Crippen molar-refractivity contribution in [2.75, 3.05) is 12.8 Å². The lowest BCUT2D eigenvalue weighted by atomic mass is 10.1. The molecule has 0 radical (unpaired) electrons. The fourth-order valence-electron chi connectivity index (χ4n) is 2.13. The zero-order valence-electron chi connectivity index (χ0n) is 10.9. The summed E-state index contributed by atoms with van der Waals surface area (Å²) < 4.78 is 0. The van der Waals surface area contributed by atoms with E-state index in [-0.39, 0.29) is 5.91 Å². The number of carbonyl (C=O) groups excluding carboxylic acids is 1. The van der Waals surface area contributed by atoms with Gasteiger partial charge in [0.05, 0.1) is 12.1 Å². The van der Waals surface area contributed by atoms with Crippen molar-refractivity contribution in [1.29, 1.82) is 0 Å². The van der Waals surface area contributed by atoms with Crippen LogP contribution in [0.25, 0.3) is 10.9 Å². The summed E-state index contributed by atoms with van der Waals surface area (Å²) in [4.78, 5) is 21.1. The highest BCUT2D eigenvalue weighted by molar-refractivity contribution is 6.07. The van der Waals surface area contributed by atoms with Crippen LogP contribution in [0.3, 0.4) is 0 Å². The molecule has 1 amide bonds. The Kier molecular flexibility index (Phi) is 2.86. The summed E-state index contributed by atoms with van der Waals surface area (Å²) in [6.07, 6.45) is 3.12. The molecule has 0 aliphatic carbocycles. The SMILES string of the molecule is CN(Cc1ncn[nH]1)C(=O)c1c[nH]c2cc(N)ccc12. The monoisotopic (exact) mass is 270 g/mol. The van der Waals surface area contributed by atoms with Crippen molar-refractivity contribution < 1.29 is 4.79 Å². The lowest BCUT2D eigenvalue weighted by Gasteiger charge is -2.14. The number of aromatic nitrogens is 4. The van der Waals surface area contributed by atoms with E-state index in [0.29, 0.717) is 23.6 Å². The van der Waals surface area contributed by atoms with Gasteiger partial charge in [-0.2, -0.15) is 5.10 Å². The van der Waals surface area contributed by atoms with Crippen molar-refractivity contribution in [1.82, 2.24) is 25.1 Å². The minimum Gasteiger partial charge on any atom is -0.399 e. The minimum atomic E-state index is -0.0857. The van der Waals surface area contributed by atoms with Gasteiger partial charge in [0.1, 0.15) is 12.2 Å². The van der Waals surface area contributed by atoms with Crippen LogP contribution in [0.1, 0.15) is 16.2 Å². The first-order valence-electron chi connectivity index (χ1n) is 6.11. The molecule has 3 aromatic rings. The summed E-state index contributed by atoms with van der Waals surface area (Å²) in [5, 5.41) is 7.35. The van der Waals surface area contributed by atoms with Crippen molar-refractivity contribution >= 4 is 22.5 Å². The molecule has 2 heterocycles. The Balaban J connectivity index is 1.88. The first-order chi connectivity index (χ1) is 9.65. The number of hydrogen-bond donors (Lipinski definition) is 3. The third-order valence-electron chi connectivity index (χ3n) is 3.13. The van der Waals surface area contributed by atoms with Crippen molar-refractivity contribution in [3.05, 3.63) is 42.1 Å². The molecule has 0 atom stereocenters. The molecule has 7 heteroatoms. The molecule has 1 aromatic carbocycles. The van der Waals surface area contributed by atoms with Gasteiger partial charge in [0, 0.05) is 29.8 Å². The molecule has 102 valence electrons. The largest absolute Gasteiger partial charge is 0.399 e. The molecule has 2 aromatic heterocycles. The first-order valence-corrected chi connectivity index (χ1v) is 6.11. The van der Waals surface area contributed by atoms with Crippen molar-refractivity contribution in [3.8, 4) is 0 Å². The molecule has 7 nitrogen and oxygen atoms in total. The number of carbonyl (C=O) groups is 1. The lowest BCUT2D eigenvalue weighted by molar-refractivity contribution is 0.0783. The predicted molar refractivity (Wildman–Crippen MR) is 74.9 cm³/mol. The Morgan fingerprint density at radius 3 is 3.05 bits per heavy atom. The van der Waals surface area contributed by atoms with Gasteiger partial charge in [0.25, 0.3) is 5.91 Å². The molecule has 4 N–H and O–H groups in total. The van der Waals surface area contributed by atoms with E-state index >= 15 is 0 Å². The summed E-state index contributed by atoms with van der Waals surface area (Å²) in [5.41, 5.74) is 7.85. The Morgan fingerprint density at radius 2 is 2.30 bits per heavy atom. The topological polar surface area (TPSA) is 104 Å². The van der Waals surface area contributed by atoms with Crippen molar-refractivity contribution in [2.24, 2.45) is 0 Å². The summed E-state index contributed by atoms with van der Waals surface area (Å²) in [6.45, 7) is 0.375. The molecule has 3 rings (SSSR count). The van der Waals surface area contributed by atoms with Crippen LogP contribution < -0.4 is 5.73 Å². The highest BCUT2D eigenvalue weighted by atomic mass is 16.2. The van der Waals surface area contributed by atoms with Crippen molar-refractivity contribution in [2.45, 2.75) is 6.54 Å². The molecule has 0 aliphatic heterocycles. The quantitative estimate of drug-likeness (QED) is 0.621. The number of nitrogens with zero attached hydrogens (tertiary/aromatic N) is 3.